The summed E-state index contributed by atoms with van der Waals surface area (Å²) >= 11 is 0. The zero-order chi connectivity index (χ0) is 11.3. The Morgan fingerprint density at radius 3 is 2.33 bits per heavy atom. The number of hydrogen-bond donors (Lipinski definition) is 1. The fourth-order valence-corrected chi connectivity index (χ4v) is 1.07. The molecule has 0 aromatic rings. The molecule has 0 radical (unpaired) electrons. The molecule has 76 valence electrons. The molecule has 0 heterocycles. The van der Waals surface area contributed by atoms with E-state index in [0.717, 1.165) is 0 Å². The van der Waals surface area contributed by atoms with Crippen LogP contribution >= 0.6 is 0 Å². The first-order chi connectivity index (χ1) is 7.19. The predicted molar refractivity (Wildman–Crippen MR) is 60.1 cm³/mol. The summed E-state index contributed by atoms with van der Waals surface area (Å²) in [5.41, 5.74) is 1.19. The van der Waals surface area contributed by atoms with Crippen LogP contribution in [-0.2, 0) is 4.79 Å². The van der Waals surface area contributed by atoms with Gasteiger partial charge in [-0.1, -0.05) is 13.2 Å². The van der Waals surface area contributed by atoms with Gasteiger partial charge in [0.25, 0.3) is 0 Å². The molecule has 0 saturated carbocycles. The van der Waals surface area contributed by atoms with Gasteiger partial charge in [-0.25, -0.2) is 4.79 Å². The van der Waals surface area contributed by atoms with Crippen LogP contribution in [-0.4, -0.2) is 22.5 Å². The lowest BCUT2D eigenvalue weighted by Gasteiger charge is -2.06. The first-order valence-electron chi connectivity index (χ1n) is 4.20. The molecule has 0 saturated heterocycles. The second-order valence-corrected chi connectivity index (χ2v) is 2.63. The highest BCUT2D eigenvalue weighted by molar-refractivity contribution is 6.52. The van der Waals surface area contributed by atoms with Gasteiger partial charge in [-0.05, 0) is 18.2 Å². The highest BCUT2D eigenvalue weighted by Gasteiger charge is 2.13. The Labute approximate surface area is 87.4 Å². The van der Waals surface area contributed by atoms with E-state index in [1.54, 1.807) is 6.08 Å². The number of carboxylic acid groups (broad SMARTS) is 1. The molecular weight excluding hydrogens is 192 g/mol. The van der Waals surface area contributed by atoms with E-state index in [1.807, 2.05) is 0 Å². The van der Waals surface area contributed by atoms with Crippen LogP contribution in [0.4, 0.5) is 0 Å². The van der Waals surface area contributed by atoms with Gasteiger partial charge < -0.3 is 5.11 Å². The number of rotatable bonds is 3. The number of nitrogens with zero attached hydrogens (tertiary/aromatic N) is 2. The first kappa shape index (κ1) is 10.8. The summed E-state index contributed by atoms with van der Waals surface area (Å²) in [7, 11) is 0. The van der Waals surface area contributed by atoms with E-state index in [2.05, 4.69) is 23.1 Å². The van der Waals surface area contributed by atoms with Crippen molar-refractivity contribution in [1.29, 1.82) is 0 Å². The molecule has 0 bridgehead atoms. The van der Waals surface area contributed by atoms with Crippen LogP contribution in [0.2, 0.25) is 0 Å². The molecule has 1 aliphatic rings. The standard InChI is InChI=1S/C11H10N2O2/c1-3-12-9-6-5-8(11(14)15)7-10(9)13-4-2/h3-7H,1-2H2,(H,14,15). The molecule has 0 aromatic heterocycles. The minimum Gasteiger partial charge on any atom is -0.478 e. The van der Waals surface area contributed by atoms with Gasteiger partial charge >= 0.3 is 5.97 Å². The Kier molecular flexibility index (Phi) is 3.51. The molecule has 1 N–H and O–H groups in total. The van der Waals surface area contributed by atoms with Gasteiger partial charge in [-0.15, -0.1) is 0 Å². The molecule has 4 heteroatoms. The number of hydrogen-bond acceptors (Lipinski definition) is 3. The molecule has 0 fully saturated rings. The average Bonchev–Trinajstić information content (AvgIpc) is 2.21. The molecule has 0 atom stereocenters. The first-order valence-corrected chi connectivity index (χ1v) is 4.20. The van der Waals surface area contributed by atoms with Crippen molar-refractivity contribution in [3.05, 3.63) is 49.4 Å². The van der Waals surface area contributed by atoms with Crippen LogP contribution in [0.1, 0.15) is 0 Å². The fourth-order valence-electron chi connectivity index (χ4n) is 1.07. The summed E-state index contributed by atoms with van der Waals surface area (Å²) in [6.07, 6.45) is 7.19. The second-order valence-electron chi connectivity index (χ2n) is 2.63. The lowest BCUT2D eigenvalue weighted by atomic mass is 10.0. The van der Waals surface area contributed by atoms with Crippen LogP contribution in [0.5, 0.6) is 0 Å². The summed E-state index contributed by atoms with van der Waals surface area (Å²) in [6.45, 7) is 6.91. The van der Waals surface area contributed by atoms with Crippen molar-refractivity contribution in [1.82, 2.24) is 0 Å². The Morgan fingerprint density at radius 1 is 1.20 bits per heavy atom. The van der Waals surface area contributed by atoms with Crippen molar-refractivity contribution in [2.75, 3.05) is 0 Å². The summed E-state index contributed by atoms with van der Waals surface area (Å²) in [5.74, 6) is -0.999. The van der Waals surface area contributed by atoms with Gasteiger partial charge in [0.05, 0.1) is 17.0 Å². The third kappa shape index (κ3) is 2.60. The monoisotopic (exact) mass is 202 g/mol. The lowest BCUT2D eigenvalue weighted by molar-refractivity contribution is -0.132. The van der Waals surface area contributed by atoms with Crippen LogP contribution in [0.25, 0.3) is 0 Å². The zero-order valence-electron chi connectivity index (χ0n) is 8.05. The maximum Gasteiger partial charge on any atom is 0.335 e. The predicted octanol–water partition coefficient (Wildman–Crippen LogP) is 1.74. The minimum absolute atomic E-state index is 0.165. The number of carboxylic acids is 1. The average molecular weight is 202 g/mol. The van der Waals surface area contributed by atoms with Crippen molar-refractivity contribution < 1.29 is 9.90 Å². The highest BCUT2D eigenvalue weighted by atomic mass is 16.4. The van der Waals surface area contributed by atoms with E-state index in [0.29, 0.717) is 11.4 Å². The van der Waals surface area contributed by atoms with Crippen LogP contribution in [0.3, 0.4) is 0 Å². The number of aliphatic imine (C=N–C) groups is 2. The Balaban J connectivity index is 3.16. The summed E-state index contributed by atoms with van der Waals surface area (Å²) in [4.78, 5) is 18.6. The van der Waals surface area contributed by atoms with E-state index in [-0.39, 0.29) is 5.57 Å². The van der Waals surface area contributed by atoms with E-state index in [4.69, 9.17) is 5.11 Å². The maximum atomic E-state index is 10.7. The Hall–Kier alpha value is -2.23. The normalized spacial score (nSPS) is 20.1. The fraction of sp³-hybridized carbons (Fsp3) is 0. The van der Waals surface area contributed by atoms with Crippen LogP contribution in [0.15, 0.2) is 59.3 Å². The van der Waals surface area contributed by atoms with E-state index < -0.39 is 5.97 Å². The smallest absolute Gasteiger partial charge is 0.335 e. The van der Waals surface area contributed by atoms with E-state index in [9.17, 15) is 4.79 Å². The second kappa shape index (κ2) is 4.85. The van der Waals surface area contributed by atoms with Crippen LogP contribution in [0, 0.1) is 0 Å². The SMILES string of the molecule is C=CN=C1C=CC(C(=O)O)=CC1=NC=C. The minimum atomic E-state index is -0.999. The summed E-state index contributed by atoms with van der Waals surface area (Å²) < 4.78 is 0. The molecule has 0 amide bonds. The molecule has 0 spiro atoms. The lowest BCUT2D eigenvalue weighted by Crippen LogP contribution is -2.15. The van der Waals surface area contributed by atoms with Gasteiger partial charge in [0.1, 0.15) is 0 Å². The highest BCUT2D eigenvalue weighted by Crippen LogP contribution is 2.07. The number of allylic oxidation sites excluding steroid dienone is 2. The molecule has 1 aliphatic carbocycles. The Morgan fingerprint density at radius 2 is 1.80 bits per heavy atom. The summed E-state index contributed by atoms with van der Waals surface area (Å²) in [5, 5.41) is 8.78. The summed E-state index contributed by atoms with van der Waals surface area (Å²) in [6, 6.07) is 0. The number of carbonyl (C=O) groups is 1. The van der Waals surface area contributed by atoms with E-state index >= 15 is 0 Å². The van der Waals surface area contributed by atoms with Gasteiger partial charge in [-0.2, -0.15) is 0 Å². The van der Waals surface area contributed by atoms with Gasteiger partial charge in [-0.3, -0.25) is 9.98 Å². The van der Waals surface area contributed by atoms with Crippen molar-refractivity contribution in [2.24, 2.45) is 9.98 Å². The van der Waals surface area contributed by atoms with Crippen molar-refractivity contribution in [3.63, 3.8) is 0 Å². The zero-order valence-corrected chi connectivity index (χ0v) is 8.05. The maximum absolute atomic E-state index is 10.7. The Bertz CT molecular complexity index is 426. The molecule has 0 aromatic carbocycles. The molecule has 15 heavy (non-hydrogen) atoms. The van der Waals surface area contributed by atoms with Crippen molar-refractivity contribution >= 4 is 17.4 Å². The van der Waals surface area contributed by atoms with Crippen molar-refractivity contribution in [2.45, 2.75) is 0 Å². The quantitative estimate of drug-likeness (QED) is 0.708. The molecule has 1 rings (SSSR count). The van der Waals surface area contributed by atoms with Gasteiger partial charge in [0.15, 0.2) is 0 Å². The van der Waals surface area contributed by atoms with Gasteiger partial charge in [0, 0.05) is 12.4 Å². The molecule has 0 unspecified atom stereocenters. The van der Waals surface area contributed by atoms with Crippen LogP contribution < -0.4 is 0 Å². The topological polar surface area (TPSA) is 62.0 Å². The molecule has 4 nitrogen and oxygen atoms in total. The van der Waals surface area contributed by atoms with Crippen molar-refractivity contribution in [3.8, 4) is 0 Å². The third-order valence-electron chi connectivity index (χ3n) is 1.68. The van der Waals surface area contributed by atoms with Gasteiger partial charge in [0.2, 0.25) is 0 Å². The molecular formula is C11H10N2O2. The van der Waals surface area contributed by atoms with E-state index in [1.165, 1.54) is 24.6 Å². The largest absolute Gasteiger partial charge is 0.478 e. The number of aliphatic carboxylic acids is 1. The molecule has 0 aliphatic heterocycles. The third-order valence-corrected chi connectivity index (χ3v) is 1.68.